The van der Waals surface area contributed by atoms with Crippen molar-refractivity contribution >= 4 is 70.5 Å². The second-order valence-corrected chi connectivity index (χ2v) is 15.3. The third-order valence-electron chi connectivity index (χ3n) is 11.3. The summed E-state index contributed by atoms with van der Waals surface area (Å²) < 4.78 is 9.39. The van der Waals surface area contributed by atoms with Gasteiger partial charge in [0.05, 0.1) is 11.1 Å². The summed E-state index contributed by atoms with van der Waals surface area (Å²) in [4.78, 5) is 2.45. The van der Waals surface area contributed by atoms with E-state index in [0.29, 0.717) is 0 Å². The van der Waals surface area contributed by atoms with Crippen molar-refractivity contribution in [2.45, 2.75) is 12.3 Å². The summed E-state index contributed by atoms with van der Waals surface area (Å²) in [5.74, 6) is 0. The molecule has 0 saturated heterocycles. The van der Waals surface area contributed by atoms with Gasteiger partial charge in [-0.15, -0.1) is 11.3 Å². The molecule has 0 unspecified atom stereocenters. The fraction of sp³-hybridized carbons (Fsp3) is 0.0400. The maximum atomic E-state index is 6.80. The molecule has 11 rings (SSSR count). The Hall–Kier alpha value is -6.42. The van der Waals surface area contributed by atoms with Crippen molar-refractivity contribution in [2.75, 3.05) is 4.90 Å². The van der Waals surface area contributed by atoms with Crippen molar-refractivity contribution < 1.29 is 4.42 Å². The molecule has 0 atom stereocenters. The average molecular weight is 696 g/mol. The number of fused-ring (bicyclic) bond motifs is 9. The van der Waals surface area contributed by atoms with Gasteiger partial charge in [0.1, 0.15) is 11.2 Å². The molecule has 0 saturated carbocycles. The number of para-hydroxylation sites is 1. The maximum Gasteiger partial charge on any atom is 0.137 e. The van der Waals surface area contributed by atoms with E-state index in [1.54, 1.807) is 0 Å². The van der Waals surface area contributed by atoms with E-state index < -0.39 is 5.41 Å². The zero-order chi connectivity index (χ0) is 35.1. The van der Waals surface area contributed by atoms with Crippen LogP contribution in [0.25, 0.3) is 64.4 Å². The first-order valence-corrected chi connectivity index (χ1v) is 19.0. The van der Waals surface area contributed by atoms with Gasteiger partial charge in [-0.05, 0) is 100 Å². The van der Waals surface area contributed by atoms with Crippen LogP contribution in [0.3, 0.4) is 0 Å². The van der Waals surface area contributed by atoms with Gasteiger partial charge in [-0.2, -0.15) is 0 Å². The summed E-state index contributed by atoms with van der Waals surface area (Å²) in [6, 6.07) is 66.3. The van der Waals surface area contributed by atoms with Crippen LogP contribution in [-0.2, 0) is 5.41 Å². The number of furan rings is 1. The quantitative estimate of drug-likeness (QED) is 0.178. The monoisotopic (exact) mass is 695 g/mol. The Balaban J connectivity index is 1.22. The van der Waals surface area contributed by atoms with E-state index in [4.69, 9.17) is 4.42 Å². The van der Waals surface area contributed by atoms with Gasteiger partial charge in [0.2, 0.25) is 0 Å². The molecule has 2 heterocycles. The molecule has 0 amide bonds. The van der Waals surface area contributed by atoms with Gasteiger partial charge in [0.25, 0.3) is 0 Å². The minimum absolute atomic E-state index is 0.397. The molecule has 53 heavy (non-hydrogen) atoms. The Morgan fingerprint density at radius 1 is 0.472 bits per heavy atom. The fourth-order valence-electron chi connectivity index (χ4n) is 8.78. The van der Waals surface area contributed by atoms with Crippen LogP contribution in [0.1, 0.15) is 23.6 Å². The highest BCUT2D eigenvalue weighted by Crippen LogP contribution is 2.55. The predicted molar refractivity (Wildman–Crippen MR) is 224 cm³/mol. The molecule has 1 aliphatic carbocycles. The highest BCUT2D eigenvalue weighted by molar-refractivity contribution is 7.25. The first-order valence-electron chi connectivity index (χ1n) is 18.2. The molecule has 0 bridgehead atoms. The molecule has 0 radical (unpaired) electrons. The van der Waals surface area contributed by atoms with Gasteiger partial charge in [-0.1, -0.05) is 127 Å². The molecule has 250 valence electrons. The lowest BCUT2D eigenvalue weighted by atomic mass is 9.74. The largest absolute Gasteiger partial charge is 0.456 e. The second kappa shape index (κ2) is 11.5. The van der Waals surface area contributed by atoms with E-state index in [9.17, 15) is 0 Å². The van der Waals surface area contributed by atoms with Crippen LogP contribution in [0.2, 0.25) is 0 Å². The number of hydrogen-bond acceptors (Lipinski definition) is 3. The summed E-state index contributed by atoms with van der Waals surface area (Å²) in [5.41, 5.74) is 13.5. The van der Waals surface area contributed by atoms with Crippen molar-refractivity contribution in [1.29, 1.82) is 0 Å². The third-order valence-corrected chi connectivity index (χ3v) is 12.5. The third kappa shape index (κ3) is 4.51. The lowest BCUT2D eigenvalue weighted by Gasteiger charge is -2.32. The molecule has 2 aromatic heterocycles. The number of benzene rings is 8. The molecule has 0 spiro atoms. The summed E-state index contributed by atoms with van der Waals surface area (Å²) in [6.07, 6.45) is 0. The smallest absolute Gasteiger partial charge is 0.137 e. The first-order chi connectivity index (χ1) is 26.1. The lowest BCUT2D eigenvalue weighted by Crippen LogP contribution is -2.23. The molecular weight excluding hydrogens is 663 g/mol. The summed E-state index contributed by atoms with van der Waals surface area (Å²) in [6.45, 7) is 2.38. The molecule has 0 N–H and O–H groups in total. The number of rotatable bonds is 5. The second-order valence-electron chi connectivity index (χ2n) is 14.2. The molecule has 1 aliphatic rings. The van der Waals surface area contributed by atoms with Crippen molar-refractivity contribution in [3.8, 4) is 22.3 Å². The Labute approximate surface area is 311 Å². The summed E-state index contributed by atoms with van der Waals surface area (Å²) in [5, 5.41) is 4.77. The minimum atomic E-state index is -0.397. The molecule has 0 aliphatic heterocycles. The maximum absolute atomic E-state index is 6.80. The minimum Gasteiger partial charge on any atom is -0.456 e. The van der Waals surface area contributed by atoms with Gasteiger partial charge in [0, 0.05) is 42.3 Å². The lowest BCUT2D eigenvalue weighted by molar-refractivity contribution is 0.662. The van der Waals surface area contributed by atoms with Crippen LogP contribution < -0.4 is 4.90 Å². The van der Waals surface area contributed by atoms with Crippen LogP contribution in [0.15, 0.2) is 186 Å². The Kier molecular flexibility index (Phi) is 6.58. The van der Waals surface area contributed by atoms with E-state index in [-0.39, 0.29) is 0 Å². The predicted octanol–water partition coefficient (Wildman–Crippen LogP) is 14.4. The zero-order valence-electron chi connectivity index (χ0n) is 29.1. The molecular formula is C50H33NOS. The van der Waals surface area contributed by atoms with Crippen LogP contribution in [0, 0.1) is 0 Å². The fourth-order valence-corrected chi connectivity index (χ4v) is 9.86. The van der Waals surface area contributed by atoms with Gasteiger partial charge >= 0.3 is 0 Å². The van der Waals surface area contributed by atoms with Gasteiger partial charge < -0.3 is 9.32 Å². The van der Waals surface area contributed by atoms with Crippen LogP contribution in [0.4, 0.5) is 17.1 Å². The average Bonchev–Trinajstić information content (AvgIpc) is 3.87. The Morgan fingerprint density at radius 3 is 1.85 bits per heavy atom. The van der Waals surface area contributed by atoms with E-state index in [0.717, 1.165) is 39.0 Å². The topological polar surface area (TPSA) is 16.4 Å². The standard InChI is InChI=1S/C50H33NOS/c1-50(42-19-9-5-15-37(42)38-16-6-10-20-43(38)50)34-29-44(49-40-18-7-11-21-45(40)52-46(49)30-34)51(35-25-23-33(24-26-35)32-13-3-2-4-14-32)36-27-28-48-41(31-36)39-17-8-12-22-47(39)53-48/h2-31H,1H3. The van der Waals surface area contributed by atoms with Gasteiger partial charge in [-0.25, -0.2) is 0 Å². The van der Waals surface area contributed by atoms with E-state index >= 15 is 0 Å². The van der Waals surface area contributed by atoms with E-state index in [1.165, 1.54) is 59.1 Å². The zero-order valence-corrected chi connectivity index (χ0v) is 29.9. The number of hydrogen-bond donors (Lipinski definition) is 0. The summed E-state index contributed by atoms with van der Waals surface area (Å²) in [7, 11) is 0. The normalized spacial score (nSPS) is 13.2. The molecule has 3 heteroatoms. The van der Waals surface area contributed by atoms with Gasteiger partial charge in [-0.3, -0.25) is 0 Å². The number of anilines is 3. The Morgan fingerprint density at radius 2 is 1.08 bits per heavy atom. The van der Waals surface area contributed by atoms with E-state index in [1.807, 2.05) is 11.3 Å². The molecule has 0 fully saturated rings. The SMILES string of the molecule is CC1(c2cc(N(c3ccc(-c4ccccc4)cc3)c3ccc4sc5ccccc5c4c3)c3c(c2)oc2ccccc23)c2ccccc2-c2ccccc21. The van der Waals surface area contributed by atoms with Crippen LogP contribution in [-0.4, -0.2) is 0 Å². The van der Waals surface area contributed by atoms with Crippen molar-refractivity contribution in [1.82, 2.24) is 0 Å². The summed E-state index contributed by atoms with van der Waals surface area (Å²) >= 11 is 1.85. The number of nitrogens with zero attached hydrogens (tertiary/aromatic N) is 1. The Bertz CT molecular complexity index is 2980. The highest BCUT2D eigenvalue weighted by Gasteiger charge is 2.41. The molecule has 2 nitrogen and oxygen atoms in total. The van der Waals surface area contributed by atoms with Gasteiger partial charge in [0.15, 0.2) is 0 Å². The van der Waals surface area contributed by atoms with Crippen molar-refractivity contribution in [2.24, 2.45) is 0 Å². The van der Waals surface area contributed by atoms with Crippen LogP contribution >= 0.6 is 11.3 Å². The van der Waals surface area contributed by atoms with Crippen molar-refractivity contribution in [3.05, 3.63) is 199 Å². The molecule has 10 aromatic rings. The highest BCUT2D eigenvalue weighted by atomic mass is 32.1. The molecule has 8 aromatic carbocycles. The van der Waals surface area contributed by atoms with Crippen molar-refractivity contribution in [3.63, 3.8) is 0 Å². The van der Waals surface area contributed by atoms with Crippen LogP contribution in [0.5, 0.6) is 0 Å². The first kappa shape index (κ1) is 30.2. The van der Waals surface area contributed by atoms with E-state index in [2.05, 4.69) is 194 Å². The number of thiophene rings is 1.